The highest BCUT2D eigenvalue weighted by molar-refractivity contribution is 5.78. The van der Waals surface area contributed by atoms with Crippen LogP contribution in [0.1, 0.15) is 25.0 Å². The van der Waals surface area contributed by atoms with Crippen molar-refractivity contribution in [2.75, 3.05) is 33.4 Å². The van der Waals surface area contributed by atoms with Gasteiger partial charge in [0.15, 0.2) is 18.1 Å². The van der Waals surface area contributed by atoms with Gasteiger partial charge in [0.1, 0.15) is 5.82 Å². The number of methoxy groups -OCH3 is 1. The van der Waals surface area contributed by atoms with Crippen molar-refractivity contribution in [3.8, 4) is 11.5 Å². The van der Waals surface area contributed by atoms with E-state index in [1.807, 2.05) is 42.2 Å². The maximum Gasteiger partial charge on any atom is 0.260 e. The maximum absolute atomic E-state index is 13.2. The standard InChI is InChI=1S/C24H32FN3O3/c1-17-14-28(18(2)13-27(17)15-20-4-7-21(25)8-5-20)24(29)16-31-22-9-6-19(10-11-26)12-23(22)30-3/h4-9,12,17-18H,10-11,13-16,26H2,1-3H3/t17-,18+/m0/s1. The van der Waals surface area contributed by atoms with Crippen molar-refractivity contribution in [2.45, 2.75) is 38.9 Å². The normalized spacial score (nSPS) is 19.3. The first-order valence-corrected chi connectivity index (χ1v) is 10.7. The fourth-order valence-corrected chi connectivity index (χ4v) is 3.97. The van der Waals surface area contributed by atoms with Gasteiger partial charge in [-0.1, -0.05) is 18.2 Å². The number of ether oxygens (including phenoxy) is 2. The predicted molar refractivity (Wildman–Crippen MR) is 119 cm³/mol. The van der Waals surface area contributed by atoms with E-state index < -0.39 is 0 Å². The van der Waals surface area contributed by atoms with Gasteiger partial charge in [0, 0.05) is 31.7 Å². The summed E-state index contributed by atoms with van der Waals surface area (Å²) in [4.78, 5) is 17.1. The molecule has 1 aliphatic heterocycles. The number of piperazine rings is 1. The van der Waals surface area contributed by atoms with Crippen LogP contribution in [0, 0.1) is 5.82 Å². The lowest BCUT2D eigenvalue weighted by Gasteiger charge is -2.44. The van der Waals surface area contributed by atoms with Crippen molar-refractivity contribution < 1.29 is 18.7 Å². The van der Waals surface area contributed by atoms with Crippen LogP contribution in [0.25, 0.3) is 0 Å². The van der Waals surface area contributed by atoms with Crippen LogP contribution >= 0.6 is 0 Å². The van der Waals surface area contributed by atoms with Crippen molar-refractivity contribution >= 4 is 5.91 Å². The molecule has 31 heavy (non-hydrogen) atoms. The molecule has 2 aromatic rings. The van der Waals surface area contributed by atoms with E-state index in [1.165, 1.54) is 12.1 Å². The lowest BCUT2D eigenvalue weighted by molar-refractivity contribution is -0.139. The summed E-state index contributed by atoms with van der Waals surface area (Å²) in [5.41, 5.74) is 7.74. The van der Waals surface area contributed by atoms with Crippen molar-refractivity contribution in [1.82, 2.24) is 9.80 Å². The van der Waals surface area contributed by atoms with Gasteiger partial charge < -0.3 is 20.1 Å². The van der Waals surface area contributed by atoms with Gasteiger partial charge in [-0.05, 0) is 62.2 Å². The summed E-state index contributed by atoms with van der Waals surface area (Å²) in [6.45, 7) is 6.78. The van der Waals surface area contributed by atoms with Crippen molar-refractivity contribution in [3.63, 3.8) is 0 Å². The molecule has 0 bridgehead atoms. The molecule has 2 aromatic carbocycles. The van der Waals surface area contributed by atoms with Crippen molar-refractivity contribution in [1.29, 1.82) is 0 Å². The Bertz CT molecular complexity index is 875. The SMILES string of the molecule is COc1cc(CCN)ccc1OCC(=O)N1C[C@H](C)N(Cc2ccc(F)cc2)C[C@H]1C. The summed E-state index contributed by atoms with van der Waals surface area (Å²) in [5, 5.41) is 0. The third-order valence-corrected chi connectivity index (χ3v) is 5.75. The number of rotatable bonds is 8. The second kappa shape index (κ2) is 10.6. The summed E-state index contributed by atoms with van der Waals surface area (Å²) >= 11 is 0. The lowest BCUT2D eigenvalue weighted by Crippen LogP contribution is -2.58. The Morgan fingerprint density at radius 1 is 1.06 bits per heavy atom. The molecule has 168 valence electrons. The van der Waals surface area contributed by atoms with Gasteiger partial charge in [-0.2, -0.15) is 0 Å². The molecule has 0 aliphatic carbocycles. The number of carbonyl (C=O) groups is 1. The molecule has 6 nitrogen and oxygen atoms in total. The number of benzene rings is 2. The van der Waals surface area contributed by atoms with Crippen LogP contribution in [0.15, 0.2) is 42.5 Å². The molecule has 7 heteroatoms. The minimum Gasteiger partial charge on any atom is -0.493 e. The zero-order valence-electron chi connectivity index (χ0n) is 18.5. The molecule has 1 aliphatic rings. The molecule has 3 rings (SSSR count). The third-order valence-electron chi connectivity index (χ3n) is 5.75. The molecule has 0 radical (unpaired) electrons. The Morgan fingerprint density at radius 2 is 1.77 bits per heavy atom. The van der Waals surface area contributed by atoms with E-state index in [0.717, 1.165) is 30.6 Å². The second-order valence-corrected chi connectivity index (χ2v) is 8.11. The van der Waals surface area contributed by atoms with Crippen LogP contribution in [0.5, 0.6) is 11.5 Å². The largest absolute Gasteiger partial charge is 0.493 e. The fourth-order valence-electron chi connectivity index (χ4n) is 3.97. The first-order chi connectivity index (χ1) is 14.9. The van der Waals surface area contributed by atoms with E-state index in [2.05, 4.69) is 11.8 Å². The highest BCUT2D eigenvalue weighted by atomic mass is 19.1. The zero-order valence-corrected chi connectivity index (χ0v) is 18.5. The average Bonchev–Trinajstić information content (AvgIpc) is 2.76. The number of carbonyl (C=O) groups excluding carboxylic acids is 1. The van der Waals surface area contributed by atoms with E-state index in [1.54, 1.807) is 7.11 Å². The van der Waals surface area contributed by atoms with Crippen molar-refractivity contribution in [2.24, 2.45) is 5.73 Å². The van der Waals surface area contributed by atoms with Crippen LogP contribution in [0.2, 0.25) is 0 Å². The number of nitrogens with zero attached hydrogens (tertiary/aromatic N) is 2. The average molecular weight is 430 g/mol. The Labute approximate surface area is 183 Å². The number of halogens is 1. The summed E-state index contributed by atoms with van der Waals surface area (Å²) in [5.74, 6) is 0.872. The quantitative estimate of drug-likeness (QED) is 0.699. The molecule has 2 N–H and O–H groups in total. The zero-order chi connectivity index (χ0) is 22.4. The van der Waals surface area contributed by atoms with E-state index >= 15 is 0 Å². The molecule has 2 atom stereocenters. The number of hydrogen-bond acceptors (Lipinski definition) is 5. The van der Waals surface area contributed by atoms with Gasteiger partial charge in [-0.15, -0.1) is 0 Å². The monoisotopic (exact) mass is 429 g/mol. The first-order valence-electron chi connectivity index (χ1n) is 10.7. The summed E-state index contributed by atoms with van der Waals surface area (Å²) in [6.07, 6.45) is 0.757. The highest BCUT2D eigenvalue weighted by Gasteiger charge is 2.32. The van der Waals surface area contributed by atoms with Gasteiger partial charge in [0.25, 0.3) is 5.91 Å². The number of nitrogens with two attached hydrogens (primary N) is 1. The molecule has 1 fully saturated rings. The van der Waals surface area contributed by atoms with Crippen LogP contribution in [0.4, 0.5) is 4.39 Å². The summed E-state index contributed by atoms with van der Waals surface area (Å²) in [7, 11) is 1.58. The predicted octanol–water partition coefficient (Wildman–Crippen LogP) is 2.84. The van der Waals surface area contributed by atoms with Crippen molar-refractivity contribution in [3.05, 3.63) is 59.4 Å². The molecule has 0 saturated carbocycles. The smallest absolute Gasteiger partial charge is 0.260 e. The Kier molecular flexibility index (Phi) is 7.87. The topological polar surface area (TPSA) is 68.0 Å². The molecular formula is C24H32FN3O3. The number of hydrogen-bond donors (Lipinski definition) is 1. The van der Waals surface area contributed by atoms with Gasteiger partial charge in [-0.25, -0.2) is 4.39 Å². The molecule has 0 spiro atoms. The van der Waals surface area contributed by atoms with Crippen LogP contribution in [-0.2, 0) is 17.8 Å². The number of amides is 1. The molecule has 1 amide bonds. The molecule has 0 aromatic heterocycles. The lowest BCUT2D eigenvalue weighted by atomic mass is 10.1. The minimum atomic E-state index is -0.230. The molecule has 1 heterocycles. The van der Waals surface area contributed by atoms with Gasteiger partial charge in [0.2, 0.25) is 0 Å². The first kappa shape index (κ1) is 23.0. The van der Waals surface area contributed by atoms with Crippen LogP contribution < -0.4 is 15.2 Å². The van der Waals surface area contributed by atoms with Gasteiger partial charge in [0.05, 0.1) is 7.11 Å². The van der Waals surface area contributed by atoms with E-state index in [4.69, 9.17) is 15.2 Å². The second-order valence-electron chi connectivity index (χ2n) is 8.11. The highest BCUT2D eigenvalue weighted by Crippen LogP contribution is 2.28. The van der Waals surface area contributed by atoms with E-state index in [-0.39, 0.29) is 30.4 Å². The summed E-state index contributed by atoms with van der Waals surface area (Å²) in [6, 6.07) is 12.5. The van der Waals surface area contributed by atoms with Crippen LogP contribution in [0.3, 0.4) is 0 Å². The van der Waals surface area contributed by atoms with Gasteiger partial charge in [-0.3, -0.25) is 9.69 Å². The van der Waals surface area contributed by atoms with E-state index in [9.17, 15) is 9.18 Å². The molecule has 0 unspecified atom stereocenters. The third kappa shape index (κ3) is 5.95. The Hall–Kier alpha value is -2.64. The Morgan fingerprint density at radius 3 is 2.45 bits per heavy atom. The minimum absolute atomic E-state index is 0.0401. The summed E-state index contributed by atoms with van der Waals surface area (Å²) < 4.78 is 24.4. The van der Waals surface area contributed by atoms with Gasteiger partial charge >= 0.3 is 0 Å². The van der Waals surface area contributed by atoms with E-state index in [0.29, 0.717) is 24.6 Å². The molecular weight excluding hydrogens is 397 g/mol. The maximum atomic E-state index is 13.2. The Balaban J connectivity index is 1.57. The van der Waals surface area contributed by atoms with Crippen LogP contribution in [-0.4, -0.2) is 61.1 Å². The molecule has 1 saturated heterocycles. The fraction of sp³-hybridized carbons (Fsp3) is 0.458.